The number of hydrogen-bond acceptors (Lipinski definition) is 5. The van der Waals surface area contributed by atoms with Gasteiger partial charge in [0.15, 0.2) is 5.82 Å². The number of piperidine rings is 1. The van der Waals surface area contributed by atoms with Gasteiger partial charge in [-0.05, 0) is 25.7 Å². The number of hydrogen-bond donors (Lipinski definition) is 1. The summed E-state index contributed by atoms with van der Waals surface area (Å²) in [6, 6.07) is 0.228. The number of carboxylic acids is 1. The fourth-order valence-corrected chi connectivity index (χ4v) is 2.47. The Hall–Kier alpha value is -1.85. The van der Waals surface area contributed by atoms with Crippen LogP contribution in [0.5, 0.6) is 5.88 Å². The smallest absolute Gasteiger partial charge is 0.303 e. The third kappa shape index (κ3) is 3.56. The average molecular weight is 265 g/mol. The van der Waals surface area contributed by atoms with Crippen molar-refractivity contribution in [2.75, 3.05) is 18.6 Å². The molecule has 1 unspecified atom stereocenters. The Bertz CT molecular complexity index is 439. The van der Waals surface area contributed by atoms with Gasteiger partial charge in [-0.15, -0.1) is 0 Å². The van der Waals surface area contributed by atoms with Gasteiger partial charge in [0.05, 0.1) is 19.5 Å². The molecule has 0 amide bonds. The lowest BCUT2D eigenvalue weighted by Crippen LogP contribution is -2.40. The molecule has 0 radical (unpaired) electrons. The van der Waals surface area contributed by atoms with E-state index < -0.39 is 5.97 Å². The summed E-state index contributed by atoms with van der Waals surface area (Å²) in [5.74, 6) is 0.511. The number of methoxy groups -OCH3 is 1. The van der Waals surface area contributed by atoms with E-state index in [9.17, 15) is 4.79 Å². The van der Waals surface area contributed by atoms with Crippen LogP contribution in [-0.4, -0.2) is 40.7 Å². The summed E-state index contributed by atoms with van der Waals surface area (Å²) >= 11 is 0. The highest BCUT2D eigenvalue weighted by molar-refractivity contribution is 5.66. The van der Waals surface area contributed by atoms with Crippen molar-refractivity contribution < 1.29 is 14.6 Å². The number of anilines is 1. The Morgan fingerprint density at radius 1 is 1.53 bits per heavy atom. The largest absolute Gasteiger partial charge is 0.481 e. The molecule has 2 rings (SSSR count). The van der Waals surface area contributed by atoms with Crippen molar-refractivity contribution in [1.29, 1.82) is 0 Å². The van der Waals surface area contributed by atoms with Crippen LogP contribution in [0.25, 0.3) is 0 Å². The summed E-state index contributed by atoms with van der Waals surface area (Å²) in [5.41, 5.74) is 0. The summed E-state index contributed by atoms with van der Waals surface area (Å²) in [5, 5.41) is 8.82. The number of aromatic nitrogens is 2. The van der Waals surface area contributed by atoms with E-state index in [1.54, 1.807) is 19.5 Å². The van der Waals surface area contributed by atoms with E-state index in [0.29, 0.717) is 12.3 Å². The Balaban J connectivity index is 2.11. The predicted molar refractivity (Wildman–Crippen MR) is 70.4 cm³/mol. The molecule has 0 saturated carbocycles. The van der Waals surface area contributed by atoms with Crippen LogP contribution in [0.4, 0.5) is 5.82 Å². The second-order valence-corrected chi connectivity index (χ2v) is 4.70. The fraction of sp³-hybridized carbons (Fsp3) is 0.615. The molecule has 6 nitrogen and oxygen atoms in total. The van der Waals surface area contributed by atoms with Gasteiger partial charge in [0, 0.05) is 19.0 Å². The van der Waals surface area contributed by atoms with Gasteiger partial charge >= 0.3 is 5.97 Å². The summed E-state index contributed by atoms with van der Waals surface area (Å²) in [4.78, 5) is 21.4. The van der Waals surface area contributed by atoms with E-state index in [2.05, 4.69) is 14.9 Å². The maximum Gasteiger partial charge on any atom is 0.303 e. The molecule has 1 saturated heterocycles. The van der Waals surface area contributed by atoms with Crippen molar-refractivity contribution in [3.8, 4) is 5.88 Å². The van der Waals surface area contributed by atoms with Crippen LogP contribution >= 0.6 is 0 Å². The first-order chi connectivity index (χ1) is 9.20. The number of aliphatic carboxylic acids is 1. The Morgan fingerprint density at radius 3 is 3.11 bits per heavy atom. The van der Waals surface area contributed by atoms with E-state index in [-0.39, 0.29) is 12.5 Å². The first-order valence-corrected chi connectivity index (χ1v) is 6.55. The minimum Gasteiger partial charge on any atom is -0.481 e. The van der Waals surface area contributed by atoms with Crippen molar-refractivity contribution in [1.82, 2.24) is 9.97 Å². The maximum atomic E-state index is 10.7. The van der Waals surface area contributed by atoms with Gasteiger partial charge in [0.2, 0.25) is 5.88 Å². The van der Waals surface area contributed by atoms with Crippen molar-refractivity contribution >= 4 is 11.8 Å². The molecule has 6 heteroatoms. The molecule has 1 aromatic heterocycles. The minimum atomic E-state index is -0.748. The first kappa shape index (κ1) is 13.6. The highest BCUT2D eigenvalue weighted by Gasteiger charge is 2.24. The van der Waals surface area contributed by atoms with Crippen molar-refractivity contribution in [3.05, 3.63) is 12.4 Å². The summed E-state index contributed by atoms with van der Waals surface area (Å²) in [7, 11) is 1.56. The highest BCUT2D eigenvalue weighted by Crippen LogP contribution is 2.26. The molecule has 0 aromatic carbocycles. The molecule has 0 aliphatic carbocycles. The quantitative estimate of drug-likeness (QED) is 0.873. The molecule has 104 valence electrons. The van der Waals surface area contributed by atoms with Crippen LogP contribution in [-0.2, 0) is 4.79 Å². The average Bonchev–Trinajstić information content (AvgIpc) is 2.45. The Kier molecular flexibility index (Phi) is 4.54. The standard InChI is InChI=1S/C13H19N3O3/c1-19-12-9-14-8-11(15-12)16-7-3-2-4-10(16)5-6-13(17)18/h8-10H,2-7H2,1H3,(H,17,18). The summed E-state index contributed by atoms with van der Waals surface area (Å²) in [6.45, 7) is 0.895. The lowest BCUT2D eigenvalue weighted by molar-refractivity contribution is -0.137. The molecule has 1 aliphatic rings. The SMILES string of the molecule is COc1cncc(N2CCCCC2CCC(=O)O)n1. The van der Waals surface area contributed by atoms with Crippen LogP contribution < -0.4 is 9.64 Å². The predicted octanol–water partition coefficient (Wildman–Crippen LogP) is 1.71. The summed E-state index contributed by atoms with van der Waals surface area (Å²) < 4.78 is 5.08. The number of rotatable bonds is 5. The second-order valence-electron chi connectivity index (χ2n) is 4.70. The van der Waals surface area contributed by atoms with Gasteiger partial charge in [0.1, 0.15) is 0 Å². The Morgan fingerprint density at radius 2 is 2.37 bits per heavy atom. The van der Waals surface area contributed by atoms with Crippen LogP contribution in [0.1, 0.15) is 32.1 Å². The van der Waals surface area contributed by atoms with Crippen LogP contribution in [0, 0.1) is 0 Å². The number of nitrogens with zero attached hydrogens (tertiary/aromatic N) is 3. The fourth-order valence-electron chi connectivity index (χ4n) is 2.47. The second kappa shape index (κ2) is 6.36. The molecule has 19 heavy (non-hydrogen) atoms. The van der Waals surface area contributed by atoms with Crippen molar-refractivity contribution in [2.24, 2.45) is 0 Å². The van der Waals surface area contributed by atoms with Gasteiger partial charge in [-0.1, -0.05) is 0 Å². The number of ether oxygens (including phenoxy) is 1. The van der Waals surface area contributed by atoms with Crippen LogP contribution in [0.2, 0.25) is 0 Å². The van der Waals surface area contributed by atoms with Crippen molar-refractivity contribution in [3.63, 3.8) is 0 Å². The molecular weight excluding hydrogens is 246 g/mol. The molecule has 2 heterocycles. The molecular formula is C13H19N3O3. The number of carboxylic acid groups (broad SMARTS) is 1. The monoisotopic (exact) mass is 265 g/mol. The minimum absolute atomic E-state index is 0.193. The van der Waals surface area contributed by atoms with Gasteiger partial charge in [0.25, 0.3) is 0 Å². The van der Waals surface area contributed by atoms with Gasteiger partial charge in [-0.3, -0.25) is 9.78 Å². The lowest BCUT2D eigenvalue weighted by atomic mass is 9.98. The molecule has 1 N–H and O–H groups in total. The van der Waals surface area contributed by atoms with E-state index in [0.717, 1.165) is 31.6 Å². The first-order valence-electron chi connectivity index (χ1n) is 6.55. The maximum absolute atomic E-state index is 10.7. The van der Waals surface area contributed by atoms with Crippen molar-refractivity contribution in [2.45, 2.75) is 38.1 Å². The molecule has 0 bridgehead atoms. The van der Waals surface area contributed by atoms with E-state index >= 15 is 0 Å². The number of carbonyl (C=O) groups is 1. The molecule has 1 atom stereocenters. The van der Waals surface area contributed by atoms with Crippen LogP contribution in [0.15, 0.2) is 12.4 Å². The molecule has 0 spiro atoms. The molecule has 1 aromatic rings. The Labute approximate surface area is 112 Å². The zero-order valence-electron chi connectivity index (χ0n) is 11.1. The highest BCUT2D eigenvalue weighted by atomic mass is 16.5. The van der Waals surface area contributed by atoms with Crippen LogP contribution in [0.3, 0.4) is 0 Å². The summed E-state index contributed by atoms with van der Waals surface area (Å²) in [6.07, 6.45) is 7.36. The topological polar surface area (TPSA) is 75.5 Å². The van der Waals surface area contributed by atoms with E-state index in [4.69, 9.17) is 9.84 Å². The third-order valence-electron chi connectivity index (χ3n) is 3.42. The van der Waals surface area contributed by atoms with E-state index in [1.165, 1.54) is 0 Å². The zero-order valence-corrected chi connectivity index (χ0v) is 11.1. The van der Waals surface area contributed by atoms with Gasteiger partial charge in [-0.2, -0.15) is 4.98 Å². The molecule has 1 aliphatic heterocycles. The molecule has 1 fully saturated rings. The van der Waals surface area contributed by atoms with Gasteiger partial charge < -0.3 is 14.7 Å². The zero-order chi connectivity index (χ0) is 13.7. The third-order valence-corrected chi connectivity index (χ3v) is 3.42. The lowest BCUT2D eigenvalue weighted by Gasteiger charge is -2.36. The van der Waals surface area contributed by atoms with E-state index in [1.807, 2.05) is 0 Å². The van der Waals surface area contributed by atoms with Gasteiger partial charge in [-0.25, -0.2) is 0 Å². The normalized spacial score (nSPS) is 19.2.